The molecule has 0 saturated carbocycles. The lowest BCUT2D eigenvalue weighted by Gasteiger charge is -2.04. The van der Waals surface area contributed by atoms with Crippen LogP contribution in [-0.2, 0) is 4.79 Å². The molecule has 22 heavy (non-hydrogen) atoms. The Morgan fingerprint density at radius 2 is 2.50 bits per heavy atom. The lowest BCUT2D eigenvalue weighted by atomic mass is 10.2. The average molecular weight is 356 g/mol. The molecule has 0 unspecified atom stereocenters. The number of thioether (sulfide) groups is 1. The third kappa shape index (κ3) is 4.55. The van der Waals surface area contributed by atoms with Crippen LogP contribution in [0.2, 0.25) is 0 Å². The summed E-state index contributed by atoms with van der Waals surface area (Å²) in [4.78, 5) is 11.6. The van der Waals surface area contributed by atoms with Gasteiger partial charge in [0.05, 0.1) is 19.1 Å². The fraction of sp³-hybridized carbons (Fsp3) is 0.167. The largest absolute Gasteiger partial charge is 0.504 e. The molecule has 7 nitrogen and oxygen atoms in total. The number of nitrogens with one attached hydrogen (secondary N) is 2. The minimum Gasteiger partial charge on any atom is -0.504 e. The number of carbonyl (C=O) groups is 1. The first-order chi connectivity index (χ1) is 10.6. The molecule has 1 amide bonds. The van der Waals surface area contributed by atoms with Gasteiger partial charge < -0.3 is 9.84 Å². The van der Waals surface area contributed by atoms with Crippen LogP contribution in [-0.4, -0.2) is 40.3 Å². The first-order valence-electron chi connectivity index (χ1n) is 5.96. The third-order valence-corrected chi connectivity index (χ3v) is 4.62. The Hall–Kier alpha value is -1.91. The van der Waals surface area contributed by atoms with Crippen molar-refractivity contribution < 1.29 is 14.6 Å². The van der Waals surface area contributed by atoms with Gasteiger partial charge in [0.1, 0.15) is 0 Å². The molecule has 0 aliphatic rings. The number of para-hydroxylation sites is 1. The molecular formula is C12H12N4O3S3. The van der Waals surface area contributed by atoms with Crippen LogP contribution in [0, 0.1) is 3.95 Å². The summed E-state index contributed by atoms with van der Waals surface area (Å²) in [5.41, 5.74) is 2.81. The summed E-state index contributed by atoms with van der Waals surface area (Å²) in [7, 11) is 1.46. The number of amides is 1. The molecule has 0 aliphatic carbocycles. The molecule has 0 spiro atoms. The summed E-state index contributed by atoms with van der Waals surface area (Å²) in [5.74, 6) is 0.182. The highest BCUT2D eigenvalue weighted by molar-refractivity contribution is 8.01. The van der Waals surface area contributed by atoms with Gasteiger partial charge in [-0.2, -0.15) is 10.2 Å². The second kappa shape index (κ2) is 7.92. The SMILES string of the molecule is COc1cccc(C=NNC(=O)CSc2n[nH]c(=S)s2)c1O. The van der Waals surface area contributed by atoms with Gasteiger partial charge in [-0.25, -0.2) is 5.43 Å². The molecule has 1 heterocycles. The Labute approximate surface area is 139 Å². The third-order valence-electron chi connectivity index (χ3n) is 2.39. The van der Waals surface area contributed by atoms with E-state index in [1.807, 2.05) is 0 Å². The standard InChI is InChI=1S/C12H12N4O3S3/c1-19-8-4-2-3-7(10(8)18)5-13-14-9(17)6-21-12-16-15-11(20)22-12/h2-5,18H,6H2,1H3,(H,14,17)(H,15,20). The van der Waals surface area contributed by atoms with Gasteiger partial charge >= 0.3 is 0 Å². The molecule has 2 aromatic rings. The van der Waals surface area contributed by atoms with Crippen molar-refractivity contribution in [2.75, 3.05) is 12.9 Å². The van der Waals surface area contributed by atoms with Crippen LogP contribution in [0.4, 0.5) is 0 Å². The number of hydrazone groups is 1. The molecule has 1 aromatic carbocycles. The van der Waals surface area contributed by atoms with E-state index < -0.39 is 0 Å². The van der Waals surface area contributed by atoms with Crippen molar-refractivity contribution in [3.05, 3.63) is 27.7 Å². The number of aromatic hydroxyl groups is 1. The van der Waals surface area contributed by atoms with Crippen molar-refractivity contribution in [1.29, 1.82) is 0 Å². The molecule has 1 aromatic heterocycles. The van der Waals surface area contributed by atoms with Crippen LogP contribution >= 0.6 is 35.3 Å². The summed E-state index contributed by atoms with van der Waals surface area (Å²) in [6.07, 6.45) is 1.35. The van der Waals surface area contributed by atoms with Crippen LogP contribution < -0.4 is 10.2 Å². The first kappa shape index (κ1) is 16.5. The number of phenols is 1. The molecule has 0 saturated heterocycles. The zero-order valence-corrected chi connectivity index (χ0v) is 13.8. The van der Waals surface area contributed by atoms with Crippen molar-refractivity contribution in [1.82, 2.24) is 15.6 Å². The monoisotopic (exact) mass is 356 g/mol. The van der Waals surface area contributed by atoms with E-state index in [0.29, 0.717) is 19.6 Å². The number of aromatic nitrogens is 2. The van der Waals surface area contributed by atoms with Crippen LogP contribution in [0.25, 0.3) is 0 Å². The number of H-pyrrole nitrogens is 1. The zero-order chi connectivity index (χ0) is 15.9. The normalized spacial score (nSPS) is 10.8. The van der Waals surface area contributed by atoms with E-state index in [1.54, 1.807) is 18.2 Å². The average Bonchev–Trinajstić information content (AvgIpc) is 2.92. The maximum absolute atomic E-state index is 11.6. The Balaban J connectivity index is 1.86. The lowest BCUT2D eigenvalue weighted by molar-refractivity contribution is -0.118. The smallest absolute Gasteiger partial charge is 0.250 e. The number of nitrogens with zero attached hydrogens (tertiary/aromatic N) is 2. The Morgan fingerprint density at radius 1 is 1.68 bits per heavy atom. The van der Waals surface area contributed by atoms with Crippen molar-refractivity contribution in [3.63, 3.8) is 0 Å². The maximum atomic E-state index is 11.6. The Kier molecular flexibility index (Phi) is 5.92. The van der Waals surface area contributed by atoms with E-state index in [-0.39, 0.29) is 17.4 Å². The number of rotatable bonds is 6. The van der Waals surface area contributed by atoms with Gasteiger partial charge in [0.15, 0.2) is 19.8 Å². The quantitative estimate of drug-likeness (QED) is 0.317. The molecule has 116 valence electrons. The predicted molar refractivity (Wildman–Crippen MR) is 88.4 cm³/mol. The number of hydrogen-bond acceptors (Lipinski definition) is 8. The molecule has 10 heteroatoms. The molecule has 0 atom stereocenters. The van der Waals surface area contributed by atoms with Crippen LogP contribution in [0.15, 0.2) is 27.6 Å². The number of aromatic amines is 1. The number of carbonyl (C=O) groups excluding carboxylic acids is 1. The van der Waals surface area contributed by atoms with E-state index >= 15 is 0 Å². The van der Waals surface area contributed by atoms with Crippen molar-refractivity contribution in [3.8, 4) is 11.5 Å². The zero-order valence-electron chi connectivity index (χ0n) is 11.4. The summed E-state index contributed by atoms with van der Waals surface area (Å²) < 4.78 is 6.24. The van der Waals surface area contributed by atoms with Crippen LogP contribution in [0.1, 0.15) is 5.56 Å². The van der Waals surface area contributed by atoms with E-state index in [9.17, 15) is 9.90 Å². The number of ether oxygens (including phenoxy) is 1. The summed E-state index contributed by atoms with van der Waals surface area (Å²) in [5, 5.41) is 20.2. The molecule has 0 fully saturated rings. The van der Waals surface area contributed by atoms with Crippen LogP contribution in [0.5, 0.6) is 11.5 Å². The molecule has 0 radical (unpaired) electrons. The van der Waals surface area contributed by atoms with E-state index in [1.165, 1.54) is 36.4 Å². The molecule has 3 N–H and O–H groups in total. The number of benzene rings is 1. The molecular weight excluding hydrogens is 344 g/mol. The number of hydrogen-bond donors (Lipinski definition) is 3. The Bertz CT molecular complexity index is 741. The van der Waals surface area contributed by atoms with Gasteiger partial charge in [0.2, 0.25) is 0 Å². The highest BCUT2D eigenvalue weighted by Crippen LogP contribution is 2.27. The number of methoxy groups -OCH3 is 1. The molecule has 0 aliphatic heterocycles. The van der Waals surface area contributed by atoms with Gasteiger partial charge in [0, 0.05) is 5.56 Å². The maximum Gasteiger partial charge on any atom is 0.250 e. The number of phenolic OH excluding ortho intramolecular Hbond substituents is 1. The second-order valence-electron chi connectivity index (χ2n) is 3.86. The van der Waals surface area contributed by atoms with E-state index in [2.05, 4.69) is 20.7 Å². The van der Waals surface area contributed by atoms with E-state index in [4.69, 9.17) is 17.0 Å². The lowest BCUT2D eigenvalue weighted by Crippen LogP contribution is -2.19. The summed E-state index contributed by atoms with van der Waals surface area (Å²) in [6.45, 7) is 0. The van der Waals surface area contributed by atoms with Gasteiger partial charge in [-0.15, -0.1) is 0 Å². The van der Waals surface area contributed by atoms with Crippen molar-refractivity contribution >= 4 is 47.4 Å². The van der Waals surface area contributed by atoms with Crippen molar-refractivity contribution in [2.45, 2.75) is 4.34 Å². The molecule has 0 bridgehead atoms. The summed E-state index contributed by atoms with van der Waals surface area (Å²) >= 11 is 7.46. The predicted octanol–water partition coefficient (Wildman–Crippen LogP) is 2.16. The van der Waals surface area contributed by atoms with Gasteiger partial charge in [-0.1, -0.05) is 29.2 Å². The topological polar surface area (TPSA) is 99.6 Å². The minimum atomic E-state index is -0.287. The van der Waals surface area contributed by atoms with Gasteiger partial charge in [0.25, 0.3) is 5.91 Å². The highest BCUT2D eigenvalue weighted by atomic mass is 32.2. The Morgan fingerprint density at radius 3 is 3.18 bits per heavy atom. The fourth-order valence-corrected chi connectivity index (χ4v) is 3.29. The summed E-state index contributed by atoms with van der Waals surface area (Å²) in [6, 6.07) is 4.99. The second-order valence-corrected chi connectivity index (χ2v) is 6.75. The van der Waals surface area contributed by atoms with Crippen molar-refractivity contribution in [2.24, 2.45) is 5.10 Å². The van der Waals surface area contributed by atoms with Gasteiger partial charge in [-0.3, -0.25) is 9.89 Å². The minimum absolute atomic E-state index is 0.0336. The molecule has 2 rings (SSSR count). The van der Waals surface area contributed by atoms with E-state index in [0.717, 1.165) is 0 Å². The first-order valence-corrected chi connectivity index (χ1v) is 8.17. The van der Waals surface area contributed by atoms with Crippen LogP contribution in [0.3, 0.4) is 0 Å². The highest BCUT2D eigenvalue weighted by Gasteiger charge is 2.06. The van der Waals surface area contributed by atoms with Gasteiger partial charge in [-0.05, 0) is 24.4 Å². The fourth-order valence-electron chi connectivity index (χ4n) is 1.42.